The number of ether oxygens (including phenoxy) is 1. The highest BCUT2D eigenvalue weighted by molar-refractivity contribution is 5.90. The van der Waals surface area contributed by atoms with E-state index in [-0.39, 0.29) is 28.7 Å². The average molecular weight is 430 g/mol. The number of rotatable bonds is 10. The summed E-state index contributed by atoms with van der Waals surface area (Å²) in [7, 11) is 0. The second kappa shape index (κ2) is 8.44. The third kappa shape index (κ3) is 4.90. The van der Waals surface area contributed by atoms with E-state index in [1.165, 1.54) is 18.2 Å². The van der Waals surface area contributed by atoms with Gasteiger partial charge in [-0.1, -0.05) is 0 Å². The van der Waals surface area contributed by atoms with E-state index in [9.17, 15) is 39.6 Å². The highest BCUT2D eigenvalue weighted by Crippen LogP contribution is 2.37. The maximum Gasteiger partial charge on any atom is 0.263 e. The van der Waals surface area contributed by atoms with E-state index in [1.807, 2.05) is 0 Å². The van der Waals surface area contributed by atoms with Crippen molar-refractivity contribution in [1.82, 2.24) is 4.98 Å². The molecule has 162 valence electrons. The lowest BCUT2D eigenvalue weighted by Gasteiger charge is -2.27. The molecule has 2 aromatic heterocycles. The minimum Gasteiger partial charge on any atom is -0.548 e. The number of benzene rings is 1. The van der Waals surface area contributed by atoms with Gasteiger partial charge in [-0.25, -0.2) is 4.98 Å². The molecular formula is C18H10N2O11-4. The van der Waals surface area contributed by atoms with Gasteiger partial charge >= 0.3 is 0 Å². The van der Waals surface area contributed by atoms with Crippen LogP contribution in [0.25, 0.3) is 22.6 Å². The van der Waals surface area contributed by atoms with E-state index in [0.29, 0.717) is 5.39 Å². The summed E-state index contributed by atoms with van der Waals surface area (Å²) in [5, 5.41) is 44.0. The summed E-state index contributed by atoms with van der Waals surface area (Å²) < 4.78 is 15.6. The van der Waals surface area contributed by atoms with Crippen LogP contribution in [0.3, 0.4) is 0 Å². The number of carboxylic acids is 4. The van der Waals surface area contributed by atoms with Crippen LogP contribution >= 0.6 is 0 Å². The summed E-state index contributed by atoms with van der Waals surface area (Å²) in [6.45, 7) is -2.69. The zero-order valence-electron chi connectivity index (χ0n) is 15.3. The summed E-state index contributed by atoms with van der Waals surface area (Å²) in [6.07, 6.45) is 0.902. The summed E-state index contributed by atoms with van der Waals surface area (Å²) in [6, 6.07) is 3.80. The van der Waals surface area contributed by atoms with Gasteiger partial charge in [0.25, 0.3) is 5.89 Å². The molecular weight excluding hydrogens is 420 g/mol. The molecule has 3 aromatic rings. The monoisotopic (exact) mass is 430 g/mol. The number of nitrogens with zero attached hydrogens (tertiary/aromatic N) is 2. The smallest absolute Gasteiger partial charge is 0.263 e. The van der Waals surface area contributed by atoms with E-state index in [0.717, 1.165) is 11.1 Å². The first-order valence-corrected chi connectivity index (χ1v) is 8.36. The Balaban J connectivity index is 2.10. The number of hydrogen-bond acceptors (Lipinski definition) is 13. The Kier molecular flexibility index (Phi) is 5.76. The van der Waals surface area contributed by atoms with Gasteiger partial charge in [0, 0.05) is 11.5 Å². The molecule has 0 bridgehead atoms. The van der Waals surface area contributed by atoms with Crippen molar-refractivity contribution in [3.63, 3.8) is 0 Å². The van der Waals surface area contributed by atoms with Crippen molar-refractivity contribution in [2.75, 3.05) is 24.6 Å². The van der Waals surface area contributed by atoms with Crippen LogP contribution in [-0.2, 0) is 14.4 Å². The number of aliphatic carboxylic acids is 3. The summed E-state index contributed by atoms with van der Waals surface area (Å²) in [5.74, 6) is -7.43. The van der Waals surface area contributed by atoms with Crippen LogP contribution in [0.4, 0.5) is 5.69 Å². The first-order chi connectivity index (χ1) is 14.6. The van der Waals surface area contributed by atoms with Crippen molar-refractivity contribution < 1.29 is 53.2 Å². The Labute approximate surface area is 171 Å². The lowest BCUT2D eigenvalue weighted by molar-refractivity contribution is -0.308. The number of furan rings is 1. The minimum absolute atomic E-state index is 0.0307. The van der Waals surface area contributed by atoms with Crippen molar-refractivity contribution in [2.45, 2.75) is 0 Å². The van der Waals surface area contributed by atoms with Gasteiger partial charge in [0.2, 0.25) is 0 Å². The number of carbonyl (C=O) groups is 4. The van der Waals surface area contributed by atoms with E-state index in [1.54, 1.807) is 0 Å². The highest BCUT2D eigenvalue weighted by Gasteiger charge is 2.19. The maximum absolute atomic E-state index is 11.0. The normalized spacial score (nSPS) is 10.7. The van der Waals surface area contributed by atoms with Crippen molar-refractivity contribution in [1.29, 1.82) is 0 Å². The van der Waals surface area contributed by atoms with Crippen molar-refractivity contribution in [3.8, 4) is 17.4 Å². The number of aromatic carboxylic acids is 1. The lowest BCUT2D eigenvalue weighted by atomic mass is 10.2. The molecule has 31 heavy (non-hydrogen) atoms. The third-order valence-electron chi connectivity index (χ3n) is 3.84. The van der Waals surface area contributed by atoms with E-state index >= 15 is 0 Å². The fraction of sp³-hybridized carbons (Fsp3) is 0.167. The Morgan fingerprint density at radius 3 is 2.16 bits per heavy atom. The van der Waals surface area contributed by atoms with E-state index < -0.39 is 49.3 Å². The fourth-order valence-corrected chi connectivity index (χ4v) is 2.68. The Hall–Kier alpha value is -4.55. The fourth-order valence-electron chi connectivity index (χ4n) is 2.68. The van der Waals surface area contributed by atoms with Gasteiger partial charge in [0.15, 0.2) is 11.5 Å². The predicted molar refractivity (Wildman–Crippen MR) is 88.8 cm³/mol. The molecule has 13 nitrogen and oxygen atoms in total. The van der Waals surface area contributed by atoms with Crippen LogP contribution < -0.4 is 30.1 Å². The van der Waals surface area contributed by atoms with Crippen molar-refractivity contribution in [3.05, 3.63) is 30.2 Å². The lowest BCUT2D eigenvalue weighted by Crippen LogP contribution is -2.44. The molecule has 0 N–H and O–H groups in total. The first-order valence-electron chi connectivity index (χ1n) is 8.36. The van der Waals surface area contributed by atoms with Crippen molar-refractivity contribution >= 4 is 40.5 Å². The number of carboxylic acid groups (broad SMARTS) is 4. The molecule has 0 radical (unpaired) electrons. The second-order valence-electron chi connectivity index (χ2n) is 6.05. The topological polar surface area (TPSA) is 212 Å². The largest absolute Gasteiger partial charge is 0.548 e. The summed E-state index contributed by atoms with van der Waals surface area (Å²) in [5.41, 5.74) is -0.0772. The van der Waals surface area contributed by atoms with Crippen LogP contribution in [0.15, 0.2) is 33.2 Å². The molecule has 0 aliphatic carbocycles. The SMILES string of the molecule is O=C([O-])COc1cc2cc(-c3ncc(C(=O)[O-])o3)oc2cc1N(CC(=O)[O-])CC(=O)[O-]. The molecule has 0 atom stereocenters. The van der Waals surface area contributed by atoms with Gasteiger partial charge in [0.1, 0.15) is 23.9 Å². The summed E-state index contributed by atoms with van der Waals surface area (Å²) >= 11 is 0. The molecule has 2 heterocycles. The van der Waals surface area contributed by atoms with Crippen molar-refractivity contribution in [2.24, 2.45) is 0 Å². The molecule has 3 rings (SSSR count). The Morgan fingerprint density at radius 1 is 0.935 bits per heavy atom. The zero-order valence-corrected chi connectivity index (χ0v) is 15.3. The zero-order chi connectivity index (χ0) is 22.7. The third-order valence-corrected chi connectivity index (χ3v) is 3.84. The molecule has 0 spiro atoms. The van der Waals surface area contributed by atoms with Crippen LogP contribution in [-0.4, -0.2) is 48.6 Å². The van der Waals surface area contributed by atoms with Crippen LogP contribution in [0.2, 0.25) is 0 Å². The van der Waals surface area contributed by atoms with E-state index in [2.05, 4.69) is 4.98 Å². The number of hydrogen-bond donors (Lipinski definition) is 0. The Bertz CT molecular complexity index is 1160. The first kappa shape index (κ1) is 21.2. The molecule has 0 aliphatic heterocycles. The quantitative estimate of drug-likeness (QED) is 0.299. The van der Waals surface area contributed by atoms with Crippen LogP contribution in [0.5, 0.6) is 5.75 Å². The molecule has 0 unspecified atom stereocenters. The minimum atomic E-state index is -1.62. The molecule has 0 aliphatic rings. The highest BCUT2D eigenvalue weighted by atomic mass is 16.5. The van der Waals surface area contributed by atoms with Gasteiger partial charge in [-0.3, -0.25) is 0 Å². The second-order valence-corrected chi connectivity index (χ2v) is 6.05. The summed E-state index contributed by atoms with van der Waals surface area (Å²) in [4.78, 5) is 48.2. The van der Waals surface area contributed by atoms with Gasteiger partial charge in [-0.15, -0.1) is 0 Å². The molecule has 0 amide bonds. The standard InChI is InChI=1S/C18H14N2O11/c21-14(22)5-20(6-15(23)24)9-3-10-8(1-11(9)29-7-16(25)26)2-12(30-10)17-19-4-13(31-17)18(27)28/h1-4H,5-7H2,(H,21,22)(H,23,24)(H,25,26)(H,27,28)/p-4. The van der Waals surface area contributed by atoms with Gasteiger partial charge in [-0.2, -0.15) is 0 Å². The number of anilines is 1. The molecule has 13 heteroatoms. The average Bonchev–Trinajstić information content (AvgIpc) is 3.30. The van der Waals surface area contributed by atoms with Gasteiger partial charge < -0.3 is 58.1 Å². The van der Waals surface area contributed by atoms with Gasteiger partial charge in [0.05, 0.1) is 42.9 Å². The maximum atomic E-state index is 11.0. The number of carbonyl (C=O) groups excluding carboxylic acids is 4. The van der Waals surface area contributed by atoms with Gasteiger partial charge in [-0.05, 0) is 12.1 Å². The molecule has 0 saturated carbocycles. The van der Waals surface area contributed by atoms with Crippen LogP contribution in [0, 0.1) is 0 Å². The molecule has 1 aromatic carbocycles. The number of fused-ring (bicyclic) bond motifs is 1. The number of oxazole rings is 1. The van der Waals surface area contributed by atoms with Crippen LogP contribution in [0.1, 0.15) is 10.6 Å². The molecule has 0 fully saturated rings. The van der Waals surface area contributed by atoms with E-state index in [4.69, 9.17) is 13.6 Å². The number of aromatic nitrogens is 1. The predicted octanol–water partition coefficient (Wildman–Crippen LogP) is -4.11. The molecule has 0 saturated heterocycles. The Morgan fingerprint density at radius 2 is 1.61 bits per heavy atom.